The van der Waals surface area contributed by atoms with E-state index in [1.807, 2.05) is 0 Å². The van der Waals surface area contributed by atoms with Crippen molar-refractivity contribution in [1.29, 1.82) is 0 Å². The summed E-state index contributed by atoms with van der Waals surface area (Å²) in [5, 5.41) is 29.4. The molecule has 1 atom stereocenters. The van der Waals surface area contributed by atoms with Crippen molar-refractivity contribution in [3.05, 3.63) is 64.8 Å². The third kappa shape index (κ3) is 4.42. The Labute approximate surface area is 158 Å². The first kappa shape index (κ1) is 18.8. The van der Waals surface area contributed by atoms with Gasteiger partial charge in [-0.25, -0.2) is 4.39 Å². The van der Waals surface area contributed by atoms with Crippen molar-refractivity contribution < 1.29 is 23.8 Å². The fraction of sp³-hybridized carbons (Fsp3) is 0.167. The van der Waals surface area contributed by atoms with Gasteiger partial charge in [0.1, 0.15) is 6.04 Å². The van der Waals surface area contributed by atoms with Crippen LogP contribution < -0.4 is 5.32 Å². The minimum Gasteiger partial charge on any atom is -0.505 e. The highest BCUT2D eigenvalue weighted by Gasteiger charge is 2.22. The van der Waals surface area contributed by atoms with Crippen LogP contribution in [-0.2, 0) is 0 Å². The highest BCUT2D eigenvalue weighted by atomic mass is 35.5. The largest absolute Gasteiger partial charge is 0.505 e. The number of aliphatic hydroxyl groups excluding tert-OH is 1. The van der Waals surface area contributed by atoms with E-state index in [1.54, 1.807) is 24.3 Å². The molecule has 0 saturated carbocycles. The molecule has 140 valence electrons. The average molecular weight is 392 g/mol. The molecule has 0 spiro atoms. The van der Waals surface area contributed by atoms with Crippen LogP contribution >= 0.6 is 11.6 Å². The van der Waals surface area contributed by atoms with Gasteiger partial charge in [-0.15, -0.1) is 10.2 Å². The molecule has 0 unspecified atom stereocenters. The van der Waals surface area contributed by atoms with Crippen LogP contribution in [0.15, 0.2) is 46.9 Å². The first-order valence-electron chi connectivity index (χ1n) is 7.97. The molecule has 0 fully saturated rings. The maximum absolute atomic E-state index is 13.5. The molecule has 0 aliphatic heterocycles. The number of benzene rings is 2. The van der Waals surface area contributed by atoms with Crippen LogP contribution in [0.4, 0.5) is 4.39 Å². The van der Waals surface area contributed by atoms with Crippen LogP contribution in [0.5, 0.6) is 5.75 Å². The Balaban J connectivity index is 1.80. The van der Waals surface area contributed by atoms with Crippen LogP contribution in [0.1, 0.15) is 28.7 Å². The van der Waals surface area contributed by atoms with Crippen LogP contribution in [0, 0.1) is 5.82 Å². The summed E-state index contributed by atoms with van der Waals surface area (Å²) in [7, 11) is 0. The van der Waals surface area contributed by atoms with E-state index in [9.17, 15) is 19.4 Å². The number of hydrogen-bond acceptors (Lipinski definition) is 6. The number of amides is 1. The number of phenolic OH excluding ortho intramolecular Hbond substituents is 1. The molecule has 0 aliphatic carbocycles. The molecule has 1 amide bonds. The Hall–Kier alpha value is -2.97. The smallest absolute Gasteiger partial charge is 0.251 e. The molecule has 1 aromatic heterocycles. The van der Waals surface area contributed by atoms with Crippen molar-refractivity contribution in [2.45, 2.75) is 12.5 Å². The summed E-state index contributed by atoms with van der Waals surface area (Å²) in [4.78, 5) is 12.4. The molecule has 3 aromatic rings. The molecule has 3 rings (SSSR count). The second-order valence-corrected chi connectivity index (χ2v) is 6.09. The number of nitrogens with zero attached hydrogens (tertiary/aromatic N) is 2. The van der Waals surface area contributed by atoms with Gasteiger partial charge in [0.15, 0.2) is 11.6 Å². The number of aliphatic hydroxyl groups is 1. The van der Waals surface area contributed by atoms with Gasteiger partial charge in [-0.2, -0.15) is 0 Å². The van der Waals surface area contributed by atoms with Gasteiger partial charge in [0.05, 0.1) is 0 Å². The summed E-state index contributed by atoms with van der Waals surface area (Å²) < 4.78 is 19.0. The maximum atomic E-state index is 13.5. The molecule has 7 nitrogen and oxygen atoms in total. The Bertz CT molecular complexity index is 946. The lowest BCUT2D eigenvalue weighted by atomic mass is 10.1. The monoisotopic (exact) mass is 391 g/mol. The number of hydrogen-bond donors (Lipinski definition) is 3. The molecule has 27 heavy (non-hydrogen) atoms. The number of nitrogens with one attached hydrogen (secondary N) is 1. The molecule has 0 radical (unpaired) electrons. The van der Waals surface area contributed by atoms with E-state index in [0.29, 0.717) is 10.6 Å². The molecule has 3 N–H and O–H groups in total. The zero-order chi connectivity index (χ0) is 19.4. The molecular weight excluding hydrogens is 377 g/mol. The first-order valence-corrected chi connectivity index (χ1v) is 8.35. The average Bonchev–Trinajstić information content (AvgIpc) is 3.14. The maximum Gasteiger partial charge on any atom is 0.251 e. The summed E-state index contributed by atoms with van der Waals surface area (Å²) in [5.74, 6) is -1.63. The van der Waals surface area contributed by atoms with E-state index < -0.39 is 23.5 Å². The standard InChI is InChI=1S/C18H15ClFN3O4/c19-12-4-1-10(2-5-12)16(26)21-14(7-8-24)18-23-22-17(27-18)11-3-6-15(25)13(20)9-11/h1-6,9,14,24-25H,7-8H2,(H,21,26)/t14-/m0/s1. The number of halogens is 2. The van der Waals surface area contributed by atoms with Gasteiger partial charge in [0, 0.05) is 22.8 Å². The van der Waals surface area contributed by atoms with Crippen molar-refractivity contribution in [3.63, 3.8) is 0 Å². The van der Waals surface area contributed by atoms with Crippen molar-refractivity contribution in [2.24, 2.45) is 0 Å². The van der Waals surface area contributed by atoms with Crippen molar-refractivity contribution in [1.82, 2.24) is 15.5 Å². The van der Waals surface area contributed by atoms with Crippen molar-refractivity contribution in [3.8, 4) is 17.2 Å². The van der Waals surface area contributed by atoms with Crippen LogP contribution in [0.3, 0.4) is 0 Å². The first-order chi connectivity index (χ1) is 13.0. The van der Waals surface area contributed by atoms with Gasteiger partial charge in [0.25, 0.3) is 5.91 Å². The summed E-state index contributed by atoms with van der Waals surface area (Å²) in [6.07, 6.45) is 0.144. The summed E-state index contributed by atoms with van der Waals surface area (Å²) in [6, 6.07) is 9.20. The zero-order valence-electron chi connectivity index (χ0n) is 13.9. The molecule has 0 saturated heterocycles. The van der Waals surface area contributed by atoms with Crippen LogP contribution in [0.25, 0.3) is 11.5 Å². The molecule has 9 heteroatoms. The number of carbonyl (C=O) groups is 1. The Morgan fingerprint density at radius 1 is 1.22 bits per heavy atom. The Morgan fingerprint density at radius 3 is 2.63 bits per heavy atom. The van der Waals surface area contributed by atoms with Gasteiger partial charge in [0.2, 0.25) is 11.8 Å². The summed E-state index contributed by atoms with van der Waals surface area (Å²) in [6.45, 7) is -0.225. The SMILES string of the molecule is O=C(N[C@@H](CCO)c1nnc(-c2ccc(O)c(F)c2)o1)c1ccc(Cl)cc1. The van der Waals surface area contributed by atoms with Gasteiger partial charge in [-0.1, -0.05) is 11.6 Å². The highest BCUT2D eigenvalue weighted by Crippen LogP contribution is 2.26. The van der Waals surface area contributed by atoms with Gasteiger partial charge in [-0.3, -0.25) is 4.79 Å². The fourth-order valence-electron chi connectivity index (χ4n) is 2.36. The third-order valence-electron chi connectivity index (χ3n) is 3.76. The molecule has 2 aromatic carbocycles. The second-order valence-electron chi connectivity index (χ2n) is 5.66. The predicted molar refractivity (Wildman–Crippen MR) is 94.7 cm³/mol. The zero-order valence-corrected chi connectivity index (χ0v) is 14.7. The van der Waals surface area contributed by atoms with Crippen LogP contribution in [0.2, 0.25) is 5.02 Å². The lowest BCUT2D eigenvalue weighted by Gasteiger charge is -2.14. The molecule has 0 aliphatic rings. The molecular formula is C18H15ClFN3O4. The normalized spacial score (nSPS) is 12.0. The van der Waals surface area contributed by atoms with E-state index in [2.05, 4.69) is 15.5 Å². The minimum absolute atomic E-state index is 0.0209. The summed E-state index contributed by atoms with van der Waals surface area (Å²) >= 11 is 5.81. The van der Waals surface area contributed by atoms with E-state index in [0.717, 1.165) is 6.07 Å². The van der Waals surface area contributed by atoms with Crippen LogP contribution in [-0.4, -0.2) is 32.9 Å². The number of phenols is 1. The van der Waals surface area contributed by atoms with Gasteiger partial charge >= 0.3 is 0 Å². The lowest BCUT2D eigenvalue weighted by molar-refractivity contribution is 0.0922. The quantitative estimate of drug-likeness (QED) is 0.596. The van der Waals surface area contributed by atoms with Gasteiger partial charge in [-0.05, 0) is 48.9 Å². The van der Waals surface area contributed by atoms with E-state index in [1.165, 1.54) is 12.1 Å². The third-order valence-corrected chi connectivity index (χ3v) is 4.01. The van der Waals surface area contributed by atoms with E-state index >= 15 is 0 Å². The molecule has 1 heterocycles. The van der Waals surface area contributed by atoms with Crippen molar-refractivity contribution >= 4 is 17.5 Å². The lowest BCUT2D eigenvalue weighted by Crippen LogP contribution is -2.29. The highest BCUT2D eigenvalue weighted by molar-refractivity contribution is 6.30. The topological polar surface area (TPSA) is 108 Å². The second kappa shape index (κ2) is 8.15. The Morgan fingerprint density at radius 2 is 1.96 bits per heavy atom. The summed E-state index contributed by atoms with van der Waals surface area (Å²) in [5.41, 5.74) is 0.651. The predicted octanol–water partition coefficient (Wildman–Crippen LogP) is 3.09. The van der Waals surface area contributed by atoms with E-state index in [-0.39, 0.29) is 30.4 Å². The number of carbonyl (C=O) groups excluding carboxylic acids is 1. The Kier molecular flexibility index (Phi) is 5.68. The number of aromatic nitrogens is 2. The molecule has 0 bridgehead atoms. The van der Waals surface area contributed by atoms with Crippen molar-refractivity contribution in [2.75, 3.05) is 6.61 Å². The van der Waals surface area contributed by atoms with E-state index in [4.69, 9.17) is 16.0 Å². The number of rotatable bonds is 6. The number of aromatic hydroxyl groups is 1. The minimum atomic E-state index is -0.824. The van der Waals surface area contributed by atoms with Gasteiger partial charge < -0.3 is 19.9 Å². The fourth-order valence-corrected chi connectivity index (χ4v) is 2.49.